The molecule has 5 N–H and O–H groups in total. The van der Waals surface area contributed by atoms with Crippen LogP contribution in [-0.4, -0.2) is 56.6 Å². The SMILES string of the molecule is C[C@](O)(CO)[C@H](O)[C@H](O)CO. The first-order valence-electron chi connectivity index (χ1n) is 3.26. The first kappa shape index (κ1) is 10.8. The van der Waals surface area contributed by atoms with Crippen molar-refractivity contribution in [1.29, 1.82) is 0 Å². The van der Waals surface area contributed by atoms with Crippen LogP contribution >= 0.6 is 0 Å². The molecule has 11 heavy (non-hydrogen) atoms. The van der Waals surface area contributed by atoms with E-state index in [0.717, 1.165) is 6.92 Å². The van der Waals surface area contributed by atoms with Gasteiger partial charge in [0, 0.05) is 0 Å². The fourth-order valence-corrected chi connectivity index (χ4v) is 0.608. The minimum Gasteiger partial charge on any atom is -0.394 e. The quantitative estimate of drug-likeness (QED) is 0.316. The Labute approximate surface area is 64.5 Å². The van der Waals surface area contributed by atoms with Gasteiger partial charge in [-0.15, -0.1) is 0 Å². The summed E-state index contributed by atoms with van der Waals surface area (Å²) in [5.74, 6) is 0. The van der Waals surface area contributed by atoms with Crippen LogP contribution in [0.5, 0.6) is 0 Å². The summed E-state index contributed by atoms with van der Waals surface area (Å²) in [6, 6.07) is 0. The Morgan fingerprint density at radius 3 is 2.00 bits per heavy atom. The molecule has 0 bridgehead atoms. The third-order valence-electron chi connectivity index (χ3n) is 1.51. The van der Waals surface area contributed by atoms with E-state index in [1.165, 1.54) is 0 Å². The van der Waals surface area contributed by atoms with Gasteiger partial charge in [0.1, 0.15) is 17.8 Å². The lowest BCUT2D eigenvalue weighted by atomic mass is 9.96. The molecule has 5 heteroatoms. The Balaban J connectivity index is 4.10. The van der Waals surface area contributed by atoms with E-state index in [0.29, 0.717) is 0 Å². The second-order valence-electron chi connectivity index (χ2n) is 2.71. The Kier molecular flexibility index (Phi) is 3.91. The van der Waals surface area contributed by atoms with E-state index in [1.54, 1.807) is 0 Å². The summed E-state index contributed by atoms with van der Waals surface area (Å²) in [5, 5.41) is 43.8. The van der Waals surface area contributed by atoms with Gasteiger partial charge in [-0.3, -0.25) is 0 Å². The average molecular weight is 166 g/mol. The Morgan fingerprint density at radius 1 is 1.27 bits per heavy atom. The number of rotatable bonds is 4. The molecule has 0 aliphatic heterocycles. The average Bonchev–Trinajstić information content (AvgIpc) is 2.01. The van der Waals surface area contributed by atoms with Crippen molar-refractivity contribution in [3.8, 4) is 0 Å². The Bertz CT molecular complexity index is 114. The topological polar surface area (TPSA) is 101 Å². The van der Waals surface area contributed by atoms with Crippen LogP contribution in [0.2, 0.25) is 0 Å². The van der Waals surface area contributed by atoms with Crippen molar-refractivity contribution in [1.82, 2.24) is 0 Å². The fourth-order valence-electron chi connectivity index (χ4n) is 0.608. The van der Waals surface area contributed by atoms with Gasteiger partial charge in [0.05, 0.1) is 13.2 Å². The highest BCUT2D eigenvalue weighted by atomic mass is 16.4. The van der Waals surface area contributed by atoms with Gasteiger partial charge in [-0.1, -0.05) is 0 Å². The molecule has 0 unspecified atom stereocenters. The molecule has 0 aromatic carbocycles. The van der Waals surface area contributed by atoms with Crippen LogP contribution in [0.15, 0.2) is 0 Å². The van der Waals surface area contributed by atoms with Gasteiger partial charge in [0.15, 0.2) is 0 Å². The maximum atomic E-state index is 9.12. The summed E-state index contributed by atoms with van der Waals surface area (Å²) in [4.78, 5) is 0. The molecule has 0 rings (SSSR count). The van der Waals surface area contributed by atoms with Gasteiger partial charge in [0.2, 0.25) is 0 Å². The van der Waals surface area contributed by atoms with Crippen LogP contribution in [0.1, 0.15) is 6.92 Å². The predicted molar refractivity (Wildman–Crippen MR) is 36.8 cm³/mol. The van der Waals surface area contributed by atoms with E-state index in [2.05, 4.69) is 0 Å². The predicted octanol–water partition coefficient (Wildman–Crippen LogP) is -2.56. The highest BCUT2D eigenvalue weighted by Gasteiger charge is 2.34. The molecule has 0 saturated carbocycles. The van der Waals surface area contributed by atoms with Gasteiger partial charge in [-0.05, 0) is 6.92 Å². The van der Waals surface area contributed by atoms with Gasteiger partial charge >= 0.3 is 0 Å². The molecule has 0 radical (unpaired) electrons. The first-order chi connectivity index (χ1) is 4.95. The molecule has 3 atom stereocenters. The molecule has 0 aliphatic carbocycles. The molecule has 0 aromatic rings. The van der Waals surface area contributed by atoms with Crippen LogP contribution in [-0.2, 0) is 0 Å². The molecular formula is C6H14O5. The van der Waals surface area contributed by atoms with E-state index < -0.39 is 31.0 Å². The van der Waals surface area contributed by atoms with Crippen LogP contribution in [0.4, 0.5) is 0 Å². The molecule has 0 heterocycles. The lowest BCUT2D eigenvalue weighted by molar-refractivity contribution is -0.143. The smallest absolute Gasteiger partial charge is 0.113 e. The van der Waals surface area contributed by atoms with Crippen LogP contribution in [0.25, 0.3) is 0 Å². The summed E-state index contributed by atoms with van der Waals surface area (Å²) in [7, 11) is 0. The van der Waals surface area contributed by atoms with Gasteiger partial charge < -0.3 is 25.5 Å². The lowest BCUT2D eigenvalue weighted by Gasteiger charge is -2.29. The standard InChI is InChI=1S/C6H14O5/c1-6(11,3-8)5(10)4(9)2-7/h4-5,7-11H,2-3H2,1H3/t4-,5-,6+/m1/s1. The highest BCUT2D eigenvalue weighted by Crippen LogP contribution is 2.11. The van der Waals surface area contributed by atoms with E-state index in [1.807, 2.05) is 0 Å². The van der Waals surface area contributed by atoms with Crippen molar-refractivity contribution in [3.63, 3.8) is 0 Å². The van der Waals surface area contributed by atoms with Crippen LogP contribution in [0, 0.1) is 0 Å². The van der Waals surface area contributed by atoms with Crippen molar-refractivity contribution in [2.75, 3.05) is 13.2 Å². The highest BCUT2D eigenvalue weighted by molar-refractivity contribution is 4.85. The van der Waals surface area contributed by atoms with Crippen LogP contribution in [0.3, 0.4) is 0 Å². The van der Waals surface area contributed by atoms with Crippen molar-refractivity contribution in [2.24, 2.45) is 0 Å². The van der Waals surface area contributed by atoms with Gasteiger partial charge in [-0.25, -0.2) is 0 Å². The maximum absolute atomic E-state index is 9.12. The zero-order valence-electron chi connectivity index (χ0n) is 6.30. The van der Waals surface area contributed by atoms with Crippen molar-refractivity contribution in [3.05, 3.63) is 0 Å². The number of hydrogen-bond acceptors (Lipinski definition) is 5. The summed E-state index contributed by atoms with van der Waals surface area (Å²) in [6.45, 7) is -0.168. The van der Waals surface area contributed by atoms with E-state index in [4.69, 9.17) is 25.5 Å². The van der Waals surface area contributed by atoms with Crippen molar-refractivity contribution < 1.29 is 25.5 Å². The second-order valence-corrected chi connectivity index (χ2v) is 2.71. The lowest BCUT2D eigenvalue weighted by Crippen LogP contribution is -2.50. The molecule has 0 fully saturated rings. The minimum absolute atomic E-state index is 0.655. The zero-order chi connectivity index (χ0) is 9.07. The molecule has 5 nitrogen and oxygen atoms in total. The molecule has 0 amide bonds. The normalized spacial score (nSPS) is 22.4. The zero-order valence-corrected chi connectivity index (χ0v) is 6.30. The number of hydrogen-bond donors (Lipinski definition) is 5. The molecule has 68 valence electrons. The summed E-state index contributed by atoms with van der Waals surface area (Å²) in [6.07, 6.45) is -2.98. The van der Waals surface area contributed by atoms with Gasteiger partial charge in [0.25, 0.3) is 0 Å². The van der Waals surface area contributed by atoms with E-state index >= 15 is 0 Å². The third-order valence-corrected chi connectivity index (χ3v) is 1.51. The van der Waals surface area contributed by atoms with Gasteiger partial charge in [-0.2, -0.15) is 0 Å². The summed E-state index contributed by atoms with van der Waals surface area (Å²) < 4.78 is 0. The van der Waals surface area contributed by atoms with Crippen molar-refractivity contribution in [2.45, 2.75) is 24.7 Å². The third kappa shape index (κ3) is 2.72. The number of aliphatic hydroxyl groups excluding tert-OH is 4. The van der Waals surface area contributed by atoms with E-state index in [9.17, 15) is 0 Å². The Hall–Kier alpha value is -0.200. The molecule has 0 spiro atoms. The monoisotopic (exact) mass is 166 g/mol. The molecule has 0 aromatic heterocycles. The van der Waals surface area contributed by atoms with Crippen LogP contribution < -0.4 is 0 Å². The summed E-state index contributed by atoms with van der Waals surface area (Å²) in [5.41, 5.74) is -1.78. The Morgan fingerprint density at radius 2 is 1.73 bits per heavy atom. The molecular weight excluding hydrogens is 152 g/mol. The van der Waals surface area contributed by atoms with Crippen molar-refractivity contribution >= 4 is 0 Å². The fraction of sp³-hybridized carbons (Fsp3) is 1.00. The maximum Gasteiger partial charge on any atom is 0.113 e. The largest absolute Gasteiger partial charge is 0.394 e. The van der Waals surface area contributed by atoms with E-state index in [-0.39, 0.29) is 0 Å². The molecule has 0 aliphatic rings. The molecule has 0 saturated heterocycles. The summed E-state index contributed by atoms with van der Waals surface area (Å²) >= 11 is 0. The minimum atomic E-state index is -1.78. The number of aliphatic hydroxyl groups is 5. The second kappa shape index (κ2) is 3.99. The first-order valence-corrected chi connectivity index (χ1v) is 3.26.